The highest BCUT2D eigenvalue weighted by Crippen LogP contribution is 2.16. The van der Waals surface area contributed by atoms with E-state index in [4.69, 9.17) is 21.1 Å². The summed E-state index contributed by atoms with van der Waals surface area (Å²) in [7, 11) is 0. The van der Waals surface area contributed by atoms with Gasteiger partial charge in [-0.3, -0.25) is 4.79 Å². The summed E-state index contributed by atoms with van der Waals surface area (Å²) in [5.74, 6) is -0.122. The van der Waals surface area contributed by atoms with Crippen LogP contribution in [-0.4, -0.2) is 25.1 Å². The second-order valence-electron chi connectivity index (χ2n) is 5.37. The van der Waals surface area contributed by atoms with Crippen LogP contribution in [0.15, 0.2) is 48.5 Å². The van der Waals surface area contributed by atoms with Crippen LogP contribution in [0.1, 0.15) is 35.8 Å². The lowest BCUT2D eigenvalue weighted by Crippen LogP contribution is -2.31. The van der Waals surface area contributed by atoms with Crippen molar-refractivity contribution in [3.05, 3.63) is 64.7 Å². The Balaban J connectivity index is 1.83. The van der Waals surface area contributed by atoms with Crippen molar-refractivity contribution >= 4 is 23.5 Å². The molecule has 0 saturated heterocycles. The molecular formula is C19H20ClNO4. The first-order valence-corrected chi connectivity index (χ1v) is 8.32. The van der Waals surface area contributed by atoms with Crippen LogP contribution in [0.3, 0.4) is 0 Å². The van der Waals surface area contributed by atoms with Crippen molar-refractivity contribution in [1.29, 1.82) is 0 Å². The van der Waals surface area contributed by atoms with Gasteiger partial charge in [0, 0.05) is 5.02 Å². The Kier molecular flexibility index (Phi) is 6.83. The molecule has 1 N–H and O–H groups in total. The summed E-state index contributed by atoms with van der Waals surface area (Å²) in [6.45, 7) is 3.84. The minimum Gasteiger partial charge on any atom is -0.484 e. The Morgan fingerprint density at radius 2 is 1.72 bits per heavy atom. The van der Waals surface area contributed by atoms with Crippen LogP contribution < -0.4 is 10.1 Å². The van der Waals surface area contributed by atoms with Crippen LogP contribution in [0.25, 0.3) is 0 Å². The summed E-state index contributed by atoms with van der Waals surface area (Å²) in [5.41, 5.74) is 1.39. The Bertz CT molecular complexity index is 713. The van der Waals surface area contributed by atoms with Crippen LogP contribution in [0.5, 0.6) is 5.75 Å². The fourth-order valence-corrected chi connectivity index (χ4v) is 2.29. The van der Waals surface area contributed by atoms with Crippen LogP contribution >= 0.6 is 11.6 Å². The van der Waals surface area contributed by atoms with Gasteiger partial charge in [0.15, 0.2) is 6.61 Å². The summed E-state index contributed by atoms with van der Waals surface area (Å²) in [6, 6.07) is 13.6. The van der Waals surface area contributed by atoms with E-state index in [1.165, 1.54) is 0 Å². The van der Waals surface area contributed by atoms with Gasteiger partial charge in [-0.25, -0.2) is 4.79 Å². The number of carbonyl (C=O) groups excluding carboxylic acids is 2. The van der Waals surface area contributed by atoms with Gasteiger partial charge in [-0.2, -0.15) is 0 Å². The predicted molar refractivity (Wildman–Crippen MR) is 95.9 cm³/mol. The number of carbonyl (C=O) groups is 2. The molecule has 0 heterocycles. The zero-order valence-corrected chi connectivity index (χ0v) is 14.9. The molecule has 1 atom stereocenters. The van der Waals surface area contributed by atoms with Gasteiger partial charge in [-0.15, -0.1) is 0 Å². The minimum atomic E-state index is -0.386. The number of nitrogens with one attached hydrogen (secondary N) is 1. The second kappa shape index (κ2) is 9.08. The van der Waals surface area contributed by atoms with Gasteiger partial charge in [-0.05, 0) is 55.8 Å². The summed E-state index contributed by atoms with van der Waals surface area (Å²) in [5, 5.41) is 3.50. The molecular weight excluding hydrogens is 342 g/mol. The average molecular weight is 362 g/mol. The molecule has 0 aliphatic rings. The number of benzene rings is 2. The standard InChI is InChI=1S/C19H20ClNO4/c1-3-24-19(23)15-6-10-17(11-7-15)25-12-18(22)21-13(2)14-4-8-16(20)9-5-14/h4-11,13H,3,12H2,1-2H3,(H,21,22)/t13-/m1/s1. The Morgan fingerprint density at radius 3 is 2.32 bits per heavy atom. The Labute approximate surface area is 151 Å². The topological polar surface area (TPSA) is 64.6 Å². The van der Waals surface area contributed by atoms with Gasteiger partial charge in [-0.1, -0.05) is 23.7 Å². The molecule has 5 nitrogen and oxygen atoms in total. The molecule has 2 aromatic carbocycles. The van der Waals surface area contributed by atoms with Gasteiger partial charge in [0.25, 0.3) is 5.91 Å². The Morgan fingerprint density at radius 1 is 1.08 bits per heavy atom. The molecule has 0 spiro atoms. The highest BCUT2D eigenvalue weighted by atomic mass is 35.5. The van der Waals surface area contributed by atoms with Gasteiger partial charge >= 0.3 is 5.97 Å². The van der Waals surface area contributed by atoms with Gasteiger partial charge < -0.3 is 14.8 Å². The minimum absolute atomic E-state index is 0.114. The summed E-state index contributed by atoms with van der Waals surface area (Å²) >= 11 is 5.85. The molecule has 0 aromatic heterocycles. The SMILES string of the molecule is CCOC(=O)c1ccc(OCC(=O)N[C@H](C)c2ccc(Cl)cc2)cc1. The fraction of sp³-hybridized carbons (Fsp3) is 0.263. The number of hydrogen-bond acceptors (Lipinski definition) is 4. The first kappa shape index (κ1) is 18.8. The van der Waals surface area contributed by atoms with Crippen molar-refractivity contribution in [3.63, 3.8) is 0 Å². The molecule has 2 rings (SSSR count). The normalized spacial score (nSPS) is 11.5. The van der Waals surface area contributed by atoms with E-state index in [9.17, 15) is 9.59 Å². The van der Waals surface area contributed by atoms with Crippen LogP contribution in [0.2, 0.25) is 5.02 Å². The molecule has 0 radical (unpaired) electrons. The van der Waals surface area contributed by atoms with Gasteiger partial charge in [0.05, 0.1) is 18.2 Å². The van der Waals surface area contributed by atoms with E-state index in [2.05, 4.69) is 5.32 Å². The molecule has 0 aliphatic carbocycles. The highest BCUT2D eigenvalue weighted by Gasteiger charge is 2.11. The number of hydrogen-bond donors (Lipinski definition) is 1. The molecule has 6 heteroatoms. The summed E-state index contributed by atoms with van der Waals surface area (Å²) < 4.78 is 10.3. The first-order chi connectivity index (χ1) is 12.0. The maximum Gasteiger partial charge on any atom is 0.338 e. The molecule has 0 fully saturated rings. The zero-order valence-electron chi connectivity index (χ0n) is 14.1. The fourth-order valence-electron chi connectivity index (χ4n) is 2.17. The second-order valence-corrected chi connectivity index (χ2v) is 5.81. The first-order valence-electron chi connectivity index (χ1n) is 7.94. The number of halogens is 1. The molecule has 0 aliphatic heterocycles. The van der Waals surface area contributed by atoms with Crippen molar-refractivity contribution in [2.24, 2.45) is 0 Å². The average Bonchev–Trinajstić information content (AvgIpc) is 2.61. The van der Waals surface area contributed by atoms with E-state index in [1.54, 1.807) is 43.3 Å². The summed E-state index contributed by atoms with van der Waals surface area (Å²) in [4.78, 5) is 23.6. The number of amides is 1. The van der Waals surface area contributed by atoms with Gasteiger partial charge in [0.1, 0.15) is 5.75 Å². The molecule has 0 saturated carbocycles. The van der Waals surface area contributed by atoms with Crippen molar-refractivity contribution in [1.82, 2.24) is 5.32 Å². The van der Waals surface area contributed by atoms with Crippen LogP contribution in [0.4, 0.5) is 0 Å². The smallest absolute Gasteiger partial charge is 0.338 e. The number of ether oxygens (including phenoxy) is 2. The number of esters is 1. The number of rotatable bonds is 7. The zero-order chi connectivity index (χ0) is 18.2. The predicted octanol–water partition coefficient (Wildman–Crippen LogP) is 3.77. The molecule has 0 bridgehead atoms. The highest BCUT2D eigenvalue weighted by molar-refractivity contribution is 6.30. The third-order valence-corrected chi connectivity index (χ3v) is 3.73. The van der Waals surface area contributed by atoms with Gasteiger partial charge in [0.2, 0.25) is 0 Å². The quantitative estimate of drug-likeness (QED) is 0.762. The molecule has 132 valence electrons. The summed E-state index contributed by atoms with van der Waals surface area (Å²) in [6.07, 6.45) is 0. The largest absolute Gasteiger partial charge is 0.484 e. The van der Waals surface area contributed by atoms with Crippen LogP contribution in [-0.2, 0) is 9.53 Å². The maximum atomic E-state index is 12.0. The van der Waals surface area contributed by atoms with E-state index < -0.39 is 0 Å². The third-order valence-electron chi connectivity index (χ3n) is 3.48. The van der Waals surface area contributed by atoms with Crippen molar-refractivity contribution in [2.45, 2.75) is 19.9 Å². The van der Waals surface area contributed by atoms with Crippen molar-refractivity contribution < 1.29 is 19.1 Å². The monoisotopic (exact) mass is 361 g/mol. The lowest BCUT2D eigenvalue weighted by atomic mass is 10.1. The Hall–Kier alpha value is -2.53. The van der Waals surface area contributed by atoms with E-state index >= 15 is 0 Å². The van der Waals surface area contributed by atoms with E-state index in [1.807, 2.05) is 19.1 Å². The maximum absolute atomic E-state index is 12.0. The lowest BCUT2D eigenvalue weighted by molar-refractivity contribution is -0.123. The molecule has 1 amide bonds. The third kappa shape index (κ3) is 5.80. The van der Waals surface area contributed by atoms with Crippen molar-refractivity contribution in [3.8, 4) is 5.75 Å². The van der Waals surface area contributed by atoms with Crippen LogP contribution in [0, 0.1) is 0 Å². The van der Waals surface area contributed by atoms with E-state index in [0.29, 0.717) is 22.9 Å². The lowest BCUT2D eigenvalue weighted by Gasteiger charge is -2.15. The van der Waals surface area contributed by atoms with E-state index in [-0.39, 0.29) is 24.5 Å². The van der Waals surface area contributed by atoms with E-state index in [0.717, 1.165) is 5.56 Å². The molecule has 0 unspecified atom stereocenters. The molecule has 2 aromatic rings. The van der Waals surface area contributed by atoms with Crippen molar-refractivity contribution in [2.75, 3.05) is 13.2 Å². The molecule has 25 heavy (non-hydrogen) atoms.